The third-order valence-electron chi connectivity index (χ3n) is 3.33. The number of fused-ring (bicyclic) bond motifs is 1. The van der Waals surface area contributed by atoms with Crippen LogP contribution in [0.3, 0.4) is 0 Å². The molecule has 19 heavy (non-hydrogen) atoms. The highest BCUT2D eigenvalue weighted by molar-refractivity contribution is 7.16. The third-order valence-corrected chi connectivity index (χ3v) is 5.80. The third kappa shape index (κ3) is 2.79. The number of anilines is 1. The van der Waals surface area contributed by atoms with Crippen molar-refractivity contribution in [2.75, 3.05) is 11.9 Å². The molecule has 102 valence electrons. The van der Waals surface area contributed by atoms with Crippen molar-refractivity contribution in [3.8, 4) is 0 Å². The minimum absolute atomic E-state index is 0.123. The number of nitrogens with zero attached hydrogens (tertiary/aromatic N) is 2. The largest absolute Gasteiger partial charge is 0.346 e. The highest BCUT2D eigenvalue weighted by atomic mass is 35.5. The second-order valence-corrected chi connectivity index (χ2v) is 7.73. The molecule has 1 aliphatic rings. The average molecular weight is 314 g/mol. The second kappa shape index (κ2) is 5.40. The van der Waals surface area contributed by atoms with Gasteiger partial charge in [-0.3, -0.25) is 0 Å². The molecule has 0 aromatic carbocycles. The first kappa shape index (κ1) is 13.4. The fourth-order valence-corrected chi connectivity index (χ4v) is 4.61. The van der Waals surface area contributed by atoms with Crippen LogP contribution in [-0.4, -0.2) is 12.0 Å². The average Bonchev–Trinajstić information content (AvgIpc) is 2.96. The normalized spacial score (nSPS) is 18.4. The number of hydrogen-bond donors (Lipinski definition) is 1. The molecule has 0 saturated heterocycles. The number of rotatable bonds is 3. The number of nitrogens with two attached hydrogens (primary N) is 1. The zero-order valence-corrected chi connectivity index (χ0v) is 13.1. The van der Waals surface area contributed by atoms with Crippen LogP contribution in [0.15, 0.2) is 12.1 Å². The summed E-state index contributed by atoms with van der Waals surface area (Å²) in [6.07, 6.45) is 3.36. The fourth-order valence-electron chi connectivity index (χ4n) is 2.34. The van der Waals surface area contributed by atoms with E-state index in [9.17, 15) is 0 Å². The Balaban J connectivity index is 1.78. The van der Waals surface area contributed by atoms with E-state index >= 15 is 0 Å². The van der Waals surface area contributed by atoms with Gasteiger partial charge in [-0.05, 0) is 31.4 Å². The summed E-state index contributed by atoms with van der Waals surface area (Å²) in [5.41, 5.74) is 7.24. The summed E-state index contributed by atoms with van der Waals surface area (Å²) in [4.78, 5) is 9.52. The SMILES string of the molecule is CN(Cc1ccc(Cl)s1)c1nc2c(s1)CCCC2N. The molecular weight excluding hydrogens is 298 g/mol. The van der Waals surface area contributed by atoms with Gasteiger partial charge in [-0.1, -0.05) is 11.6 Å². The van der Waals surface area contributed by atoms with Gasteiger partial charge in [0, 0.05) is 22.8 Å². The summed E-state index contributed by atoms with van der Waals surface area (Å²) in [5, 5.41) is 1.06. The van der Waals surface area contributed by atoms with Crippen LogP contribution >= 0.6 is 34.3 Å². The van der Waals surface area contributed by atoms with Crippen molar-refractivity contribution >= 4 is 39.4 Å². The molecule has 3 nitrogen and oxygen atoms in total. The van der Waals surface area contributed by atoms with Gasteiger partial charge in [0.15, 0.2) is 5.13 Å². The van der Waals surface area contributed by atoms with E-state index in [1.54, 1.807) is 22.7 Å². The first-order chi connectivity index (χ1) is 9.13. The van der Waals surface area contributed by atoms with E-state index in [1.807, 2.05) is 6.07 Å². The lowest BCUT2D eigenvalue weighted by Gasteiger charge is -2.16. The number of thiophene rings is 1. The van der Waals surface area contributed by atoms with Gasteiger partial charge in [0.1, 0.15) is 0 Å². The fraction of sp³-hybridized carbons (Fsp3) is 0.462. The van der Waals surface area contributed by atoms with Crippen LogP contribution in [0.1, 0.15) is 34.3 Å². The van der Waals surface area contributed by atoms with Crippen molar-refractivity contribution in [2.45, 2.75) is 31.8 Å². The first-order valence-corrected chi connectivity index (χ1v) is 8.35. The summed E-state index contributed by atoms with van der Waals surface area (Å²) >= 11 is 9.36. The zero-order chi connectivity index (χ0) is 13.4. The molecule has 1 unspecified atom stereocenters. The van der Waals surface area contributed by atoms with E-state index in [1.165, 1.54) is 16.2 Å². The van der Waals surface area contributed by atoms with E-state index in [0.29, 0.717) is 0 Å². The van der Waals surface area contributed by atoms with Crippen LogP contribution in [0.5, 0.6) is 0 Å². The predicted molar refractivity (Wildman–Crippen MR) is 83.4 cm³/mol. The second-order valence-electron chi connectivity index (χ2n) is 4.87. The van der Waals surface area contributed by atoms with Gasteiger partial charge >= 0.3 is 0 Å². The van der Waals surface area contributed by atoms with Crippen LogP contribution in [0, 0.1) is 0 Å². The predicted octanol–water partition coefficient (Wildman–Crippen LogP) is 3.83. The molecule has 1 atom stereocenters. The molecule has 1 aliphatic carbocycles. The molecule has 2 N–H and O–H groups in total. The van der Waals surface area contributed by atoms with Crippen LogP contribution in [0.25, 0.3) is 0 Å². The Hall–Kier alpha value is -0.620. The van der Waals surface area contributed by atoms with Crippen LogP contribution in [0.4, 0.5) is 5.13 Å². The summed E-state index contributed by atoms with van der Waals surface area (Å²) < 4.78 is 0.837. The molecule has 0 amide bonds. The quantitative estimate of drug-likeness (QED) is 0.936. The molecule has 3 rings (SSSR count). The molecule has 0 saturated carbocycles. The number of hydrogen-bond acceptors (Lipinski definition) is 5. The zero-order valence-electron chi connectivity index (χ0n) is 10.7. The van der Waals surface area contributed by atoms with Gasteiger partial charge in [0.25, 0.3) is 0 Å². The van der Waals surface area contributed by atoms with Crippen LogP contribution in [-0.2, 0) is 13.0 Å². The Morgan fingerprint density at radius 3 is 3.00 bits per heavy atom. The van der Waals surface area contributed by atoms with Gasteiger partial charge in [0.2, 0.25) is 0 Å². The minimum Gasteiger partial charge on any atom is -0.346 e. The molecule has 0 aliphatic heterocycles. The van der Waals surface area contributed by atoms with Gasteiger partial charge < -0.3 is 10.6 Å². The Bertz CT molecular complexity index is 578. The van der Waals surface area contributed by atoms with Crippen molar-refractivity contribution in [2.24, 2.45) is 5.73 Å². The van der Waals surface area contributed by atoms with E-state index in [4.69, 9.17) is 22.3 Å². The monoisotopic (exact) mass is 313 g/mol. The number of halogens is 1. The Morgan fingerprint density at radius 1 is 1.47 bits per heavy atom. The van der Waals surface area contributed by atoms with E-state index in [2.05, 4.69) is 18.0 Å². The van der Waals surface area contributed by atoms with E-state index < -0.39 is 0 Å². The molecule has 2 heterocycles. The number of thiazole rings is 1. The van der Waals surface area contributed by atoms with Crippen molar-refractivity contribution in [3.05, 3.63) is 31.9 Å². The smallest absolute Gasteiger partial charge is 0.185 e. The highest BCUT2D eigenvalue weighted by Gasteiger charge is 2.23. The van der Waals surface area contributed by atoms with Gasteiger partial charge in [-0.15, -0.1) is 22.7 Å². The molecular formula is C13H16ClN3S2. The summed E-state index contributed by atoms with van der Waals surface area (Å²) in [7, 11) is 2.07. The maximum Gasteiger partial charge on any atom is 0.185 e. The number of aromatic nitrogens is 1. The molecule has 0 radical (unpaired) electrons. The van der Waals surface area contributed by atoms with Crippen molar-refractivity contribution in [1.82, 2.24) is 4.98 Å². The van der Waals surface area contributed by atoms with Crippen molar-refractivity contribution in [1.29, 1.82) is 0 Å². The maximum atomic E-state index is 6.13. The van der Waals surface area contributed by atoms with Crippen LogP contribution < -0.4 is 10.6 Å². The topological polar surface area (TPSA) is 42.2 Å². The maximum absolute atomic E-state index is 6.13. The molecule has 0 bridgehead atoms. The highest BCUT2D eigenvalue weighted by Crippen LogP contribution is 2.36. The molecule has 0 fully saturated rings. The van der Waals surface area contributed by atoms with Gasteiger partial charge in [0.05, 0.1) is 16.6 Å². The Labute approximate surface area is 126 Å². The summed E-state index contributed by atoms with van der Waals surface area (Å²) in [5.74, 6) is 0. The lowest BCUT2D eigenvalue weighted by Crippen LogP contribution is -2.18. The minimum atomic E-state index is 0.123. The molecule has 6 heteroatoms. The van der Waals surface area contributed by atoms with E-state index in [0.717, 1.165) is 34.5 Å². The van der Waals surface area contributed by atoms with Crippen molar-refractivity contribution < 1.29 is 0 Å². The van der Waals surface area contributed by atoms with Gasteiger partial charge in [-0.25, -0.2) is 4.98 Å². The van der Waals surface area contributed by atoms with Gasteiger partial charge in [-0.2, -0.15) is 0 Å². The van der Waals surface area contributed by atoms with Crippen molar-refractivity contribution in [3.63, 3.8) is 0 Å². The Kier molecular flexibility index (Phi) is 3.80. The molecule has 0 spiro atoms. The standard InChI is InChI=1S/C13H16ClN3S2/c1-17(7-8-5-6-11(14)18-8)13-16-12-9(15)3-2-4-10(12)19-13/h5-6,9H,2-4,7,15H2,1H3. The Morgan fingerprint density at radius 2 is 2.32 bits per heavy atom. The van der Waals surface area contributed by atoms with E-state index in [-0.39, 0.29) is 6.04 Å². The first-order valence-electron chi connectivity index (χ1n) is 6.34. The van der Waals surface area contributed by atoms with Crippen LogP contribution in [0.2, 0.25) is 4.34 Å². The summed E-state index contributed by atoms with van der Waals surface area (Å²) in [6.45, 7) is 0.846. The number of aryl methyl sites for hydroxylation is 1. The molecule has 2 aromatic heterocycles. The lowest BCUT2D eigenvalue weighted by atomic mass is 9.99. The lowest BCUT2D eigenvalue weighted by molar-refractivity contribution is 0.563. The molecule has 2 aromatic rings. The summed E-state index contributed by atoms with van der Waals surface area (Å²) in [6, 6.07) is 4.14.